The second-order valence-electron chi connectivity index (χ2n) is 5.45. The van der Waals surface area contributed by atoms with Crippen LogP contribution >= 0.6 is 0 Å². The third-order valence-electron chi connectivity index (χ3n) is 4.13. The summed E-state index contributed by atoms with van der Waals surface area (Å²) >= 11 is 0. The number of methoxy groups -OCH3 is 2. The Kier molecular flexibility index (Phi) is 4.45. The molecular formula is C16H20N4O3. The monoisotopic (exact) mass is 316 g/mol. The van der Waals surface area contributed by atoms with Crippen LogP contribution in [0, 0.1) is 0 Å². The molecule has 1 fully saturated rings. The standard InChI is InChI=1S/C16H20N4O3/c1-22-12-5-6-15(23-2)13(8-12)14-4-3-7-20(14)16(21)9-19-11-17-10-18-19/h5-6,8,10-11,14H,3-4,7,9H2,1-2H3/t14-/m0/s1. The molecule has 2 heterocycles. The first-order chi connectivity index (χ1) is 11.2. The van der Waals surface area contributed by atoms with Crippen molar-refractivity contribution in [1.82, 2.24) is 19.7 Å². The van der Waals surface area contributed by atoms with E-state index in [1.165, 1.54) is 6.33 Å². The molecule has 1 aromatic carbocycles. The van der Waals surface area contributed by atoms with Crippen LogP contribution in [0.4, 0.5) is 0 Å². The van der Waals surface area contributed by atoms with Crippen LogP contribution in [0.3, 0.4) is 0 Å². The fourth-order valence-corrected chi connectivity index (χ4v) is 3.03. The lowest BCUT2D eigenvalue weighted by Crippen LogP contribution is -2.33. The third kappa shape index (κ3) is 3.13. The largest absolute Gasteiger partial charge is 0.497 e. The van der Waals surface area contributed by atoms with Gasteiger partial charge in [-0.1, -0.05) is 0 Å². The molecule has 2 aromatic rings. The van der Waals surface area contributed by atoms with Crippen molar-refractivity contribution in [3.05, 3.63) is 36.4 Å². The summed E-state index contributed by atoms with van der Waals surface area (Å²) < 4.78 is 12.3. The van der Waals surface area contributed by atoms with E-state index >= 15 is 0 Å². The second-order valence-corrected chi connectivity index (χ2v) is 5.45. The summed E-state index contributed by atoms with van der Waals surface area (Å²) in [7, 11) is 3.27. The molecule has 23 heavy (non-hydrogen) atoms. The Morgan fingerprint density at radius 3 is 2.91 bits per heavy atom. The average molecular weight is 316 g/mol. The summed E-state index contributed by atoms with van der Waals surface area (Å²) in [6.45, 7) is 0.932. The molecule has 1 atom stereocenters. The number of ether oxygens (including phenoxy) is 2. The van der Waals surface area contributed by atoms with E-state index in [-0.39, 0.29) is 18.5 Å². The normalized spacial score (nSPS) is 17.3. The predicted octanol–water partition coefficient (Wildman–Crippen LogP) is 1.66. The van der Waals surface area contributed by atoms with Crippen molar-refractivity contribution in [3.63, 3.8) is 0 Å². The van der Waals surface area contributed by atoms with Crippen LogP contribution in [0.15, 0.2) is 30.9 Å². The Bertz CT molecular complexity index is 672. The fraction of sp³-hybridized carbons (Fsp3) is 0.438. The van der Waals surface area contributed by atoms with Crippen LogP contribution in [0.1, 0.15) is 24.4 Å². The first-order valence-corrected chi connectivity index (χ1v) is 7.56. The summed E-state index contributed by atoms with van der Waals surface area (Å²) in [5.41, 5.74) is 0.983. The van der Waals surface area contributed by atoms with Gasteiger partial charge in [0, 0.05) is 12.1 Å². The van der Waals surface area contributed by atoms with E-state index in [1.807, 2.05) is 23.1 Å². The van der Waals surface area contributed by atoms with Crippen molar-refractivity contribution in [1.29, 1.82) is 0 Å². The lowest BCUT2D eigenvalue weighted by molar-refractivity contribution is -0.133. The molecule has 122 valence electrons. The van der Waals surface area contributed by atoms with Crippen molar-refractivity contribution in [2.45, 2.75) is 25.4 Å². The number of hydrogen-bond donors (Lipinski definition) is 0. The van der Waals surface area contributed by atoms with Gasteiger partial charge in [0.25, 0.3) is 0 Å². The summed E-state index contributed by atoms with van der Waals surface area (Å²) in [5, 5.41) is 4.00. The van der Waals surface area contributed by atoms with Crippen molar-refractivity contribution in [2.75, 3.05) is 20.8 Å². The lowest BCUT2D eigenvalue weighted by Gasteiger charge is -2.26. The van der Waals surface area contributed by atoms with E-state index < -0.39 is 0 Å². The van der Waals surface area contributed by atoms with E-state index in [4.69, 9.17) is 9.47 Å². The van der Waals surface area contributed by atoms with Crippen molar-refractivity contribution in [2.24, 2.45) is 0 Å². The molecule has 7 heteroatoms. The van der Waals surface area contributed by atoms with Crippen LogP contribution in [0.2, 0.25) is 0 Å². The summed E-state index contributed by atoms with van der Waals surface area (Å²) in [6, 6.07) is 5.69. The molecule has 0 radical (unpaired) electrons. The molecule has 1 amide bonds. The highest BCUT2D eigenvalue weighted by Gasteiger charge is 2.32. The Hall–Kier alpha value is -2.57. The van der Waals surface area contributed by atoms with Crippen LogP contribution in [-0.2, 0) is 11.3 Å². The topological polar surface area (TPSA) is 69.5 Å². The van der Waals surface area contributed by atoms with E-state index in [0.717, 1.165) is 36.4 Å². The molecule has 0 saturated carbocycles. The Balaban J connectivity index is 1.85. The molecule has 0 unspecified atom stereocenters. The number of aromatic nitrogens is 3. The average Bonchev–Trinajstić information content (AvgIpc) is 3.25. The molecule has 0 N–H and O–H groups in total. The SMILES string of the molecule is COc1ccc(OC)c([C@@H]2CCCN2C(=O)Cn2cncn2)c1. The highest BCUT2D eigenvalue weighted by atomic mass is 16.5. The summed E-state index contributed by atoms with van der Waals surface area (Å²) in [4.78, 5) is 18.4. The number of rotatable bonds is 5. The van der Waals surface area contributed by atoms with Crippen LogP contribution < -0.4 is 9.47 Å². The molecule has 3 rings (SSSR count). The number of carbonyl (C=O) groups is 1. The first-order valence-electron chi connectivity index (χ1n) is 7.56. The van der Waals surface area contributed by atoms with Crippen LogP contribution in [-0.4, -0.2) is 46.3 Å². The predicted molar refractivity (Wildman–Crippen MR) is 83.3 cm³/mol. The van der Waals surface area contributed by atoms with E-state index in [0.29, 0.717) is 0 Å². The van der Waals surface area contributed by atoms with Gasteiger partial charge in [0.05, 0.1) is 20.3 Å². The van der Waals surface area contributed by atoms with Gasteiger partial charge in [0.15, 0.2) is 0 Å². The molecule has 1 aliphatic heterocycles. The maximum atomic E-state index is 12.6. The quantitative estimate of drug-likeness (QED) is 0.839. The van der Waals surface area contributed by atoms with Gasteiger partial charge in [-0.05, 0) is 31.0 Å². The number of benzene rings is 1. The minimum absolute atomic E-state index is 0.00364. The Morgan fingerprint density at radius 2 is 2.22 bits per heavy atom. The zero-order valence-corrected chi connectivity index (χ0v) is 13.3. The number of likely N-dealkylation sites (tertiary alicyclic amines) is 1. The van der Waals surface area contributed by atoms with Crippen LogP contribution in [0.25, 0.3) is 0 Å². The van der Waals surface area contributed by atoms with Crippen molar-refractivity contribution in [3.8, 4) is 11.5 Å². The van der Waals surface area contributed by atoms with E-state index in [9.17, 15) is 4.79 Å². The van der Waals surface area contributed by atoms with Crippen LogP contribution in [0.5, 0.6) is 11.5 Å². The number of nitrogens with zero attached hydrogens (tertiary/aromatic N) is 4. The molecule has 0 spiro atoms. The van der Waals surface area contributed by atoms with Gasteiger partial charge in [-0.15, -0.1) is 0 Å². The van der Waals surface area contributed by atoms with Gasteiger partial charge in [-0.3, -0.25) is 4.79 Å². The minimum Gasteiger partial charge on any atom is -0.497 e. The van der Waals surface area contributed by atoms with Gasteiger partial charge < -0.3 is 14.4 Å². The maximum absolute atomic E-state index is 12.6. The van der Waals surface area contributed by atoms with Gasteiger partial charge in [0.1, 0.15) is 30.7 Å². The smallest absolute Gasteiger partial charge is 0.244 e. The zero-order chi connectivity index (χ0) is 16.2. The summed E-state index contributed by atoms with van der Waals surface area (Å²) in [5.74, 6) is 1.57. The molecule has 7 nitrogen and oxygen atoms in total. The van der Waals surface area contributed by atoms with Crippen molar-refractivity contribution >= 4 is 5.91 Å². The van der Waals surface area contributed by atoms with Gasteiger partial charge in [-0.25, -0.2) is 9.67 Å². The van der Waals surface area contributed by atoms with Gasteiger partial charge >= 0.3 is 0 Å². The van der Waals surface area contributed by atoms with Gasteiger partial charge in [-0.2, -0.15) is 5.10 Å². The minimum atomic E-state index is -0.00364. The second kappa shape index (κ2) is 6.68. The molecule has 0 aliphatic carbocycles. The lowest BCUT2D eigenvalue weighted by atomic mass is 10.0. The molecular weight excluding hydrogens is 296 g/mol. The van der Waals surface area contributed by atoms with Gasteiger partial charge in [0.2, 0.25) is 5.91 Å². The Morgan fingerprint density at radius 1 is 1.35 bits per heavy atom. The number of hydrogen-bond acceptors (Lipinski definition) is 5. The molecule has 0 bridgehead atoms. The Labute approximate surface area is 134 Å². The summed E-state index contributed by atoms with van der Waals surface area (Å²) in [6.07, 6.45) is 4.86. The van der Waals surface area contributed by atoms with Crippen molar-refractivity contribution < 1.29 is 14.3 Å². The fourth-order valence-electron chi connectivity index (χ4n) is 3.03. The number of amides is 1. The highest BCUT2D eigenvalue weighted by molar-refractivity contribution is 5.77. The highest BCUT2D eigenvalue weighted by Crippen LogP contribution is 2.38. The first kappa shape index (κ1) is 15.3. The molecule has 1 saturated heterocycles. The molecule has 1 aliphatic rings. The zero-order valence-electron chi connectivity index (χ0n) is 13.3. The van der Waals surface area contributed by atoms with E-state index in [1.54, 1.807) is 25.2 Å². The maximum Gasteiger partial charge on any atom is 0.244 e. The third-order valence-corrected chi connectivity index (χ3v) is 4.13. The van der Waals surface area contributed by atoms with E-state index in [2.05, 4.69) is 10.1 Å². The number of carbonyl (C=O) groups excluding carboxylic acids is 1. The molecule has 1 aromatic heterocycles.